The van der Waals surface area contributed by atoms with E-state index < -0.39 is 12.2 Å². The van der Waals surface area contributed by atoms with Gasteiger partial charge in [0.1, 0.15) is 0 Å². The first kappa shape index (κ1) is 21.7. The third kappa shape index (κ3) is 3.83. The minimum atomic E-state index is -0.508. The highest BCUT2D eigenvalue weighted by Gasteiger charge is 2.47. The summed E-state index contributed by atoms with van der Waals surface area (Å²) in [5.74, 6) is 1.41. The van der Waals surface area contributed by atoms with Crippen molar-refractivity contribution >= 4 is 0 Å². The van der Waals surface area contributed by atoms with Gasteiger partial charge in [0.15, 0.2) is 0 Å². The van der Waals surface area contributed by atoms with Gasteiger partial charge in [-0.1, -0.05) is 74.0 Å². The Bertz CT molecular complexity index is 584. The van der Waals surface area contributed by atoms with Gasteiger partial charge in [0.25, 0.3) is 0 Å². The molecule has 2 nitrogen and oxygen atoms in total. The maximum Gasteiger partial charge on any atom is 0.0824 e. The van der Waals surface area contributed by atoms with E-state index >= 15 is 0 Å². The van der Waals surface area contributed by atoms with Crippen LogP contribution in [0.2, 0.25) is 0 Å². The minimum absolute atomic E-state index is 0.00632. The lowest BCUT2D eigenvalue weighted by Crippen LogP contribution is -2.47. The first-order chi connectivity index (χ1) is 11.7. The van der Waals surface area contributed by atoms with Crippen LogP contribution in [0.25, 0.3) is 0 Å². The molecular weight excluding hydrogens is 320 g/mol. The predicted octanol–water partition coefficient (Wildman–Crippen LogP) is 5.60. The van der Waals surface area contributed by atoms with Crippen LogP contribution < -0.4 is 0 Å². The average molecular weight is 363 g/mol. The van der Waals surface area contributed by atoms with Crippen LogP contribution in [0.15, 0.2) is 22.8 Å². The lowest BCUT2D eigenvalue weighted by molar-refractivity contribution is 0.00966. The zero-order chi connectivity index (χ0) is 20.2. The van der Waals surface area contributed by atoms with Crippen LogP contribution in [0.3, 0.4) is 0 Å². The van der Waals surface area contributed by atoms with E-state index in [1.54, 1.807) is 0 Å². The number of aliphatic hydroxyl groups excluding tert-OH is 2. The summed E-state index contributed by atoms with van der Waals surface area (Å²) in [5.41, 5.74) is 3.55. The van der Waals surface area contributed by atoms with Gasteiger partial charge < -0.3 is 10.2 Å². The van der Waals surface area contributed by atoms with Gasteiger partial charge in [0.2, 0.25) is 0 Å². The molecule has 2 N–H and O–H groups in total. The summed E-state index contributed by atoms with van der Waals surface area (Å²) in [6.45, 7) is 22.2. The molecule has 2 heteroatoms. The first-order valence-corrected chi connectivity index (χ1v) is 10.5. The van der Waals surface area contributed by atoms with Gasteiger partial charge in [-0.2, -0.15) is 0 Å². The number of allylic oxidation sites excluding steroid dienone is 2. The predicted molar refractivity (Wildman–Crippen MR) is 111 cm³/mol. The fourth-order valence-corrected chi connectivity index (χ4v) is 5.20. The third-order valence-corrected chi connectivity index (χ3v) is 7.34. The summed E-state index contributed by atoms with van der Waals surface area (Å²) in [7, 11) is 0. The fourth-order valence-electron chi connectivity index (χ4n) is 5.20. The summed E-state index contributed by atoms with van der Waals surface area (Å²) in [4.78, 5) is 0. The van der Waals surface area contributed by atoms with Crippen molar-refractivity contribution in [2.45, 2.75) is 87.9 Å². The second kappa shape index (κ2) is 7.09. The molecule has 0 spiro atoms. The molecule has 0 fully saturated rings. The molecule has 0 aromatic rings. The Morgan fingerprint density at radius 1 is 0.923 bits per heavy atom. The molecule has 0 saturated heterocycles. The Hall–Kier alpha value is -0.600. The van der Waals surface area contributed by atoms with E-state index in [4.69, 9.17) is 0 Å². The van der Waals surface area contributed by atoms with Gasteiger partial charge in [-0.25, -0.2) is 0 Å². The number of aliphatic hydroxyl groups is 2. The Labute approximate surface area is 161 Å². The molecule has 2 rings (SSSR count). The molecule has 0 saturated carbocycles. The summed E-state index contributed by atoms with van der Waals surface area (Å²) in [6.07, 6.45) is 2.34. The van der Waals surface area contributed by atoms with Crippen LogP contribution in [0.4, 0.5) is 0 Å². The van der Waals surface area contributed by atoms with E-state index in [0.29, 0.717) is 17.8 Å². The summed E-state index contributed by atoms with van der Waals surface area (Å²) >= 11 is 0. The van der Waals surface area contributed by atoms with E-state index in [1.807, 2.05) is 0 Å². The van der Waals surface area contributed by atoms with Crippen LogP contribution in [0, 0.1) is 40.4 Å². The van der Waals surface area contributed by atoms with Crippen molar-refractivity contribution in [1.82, 2.24) is 0 Å². The van der Waals surface area contributed by atoms with E-state index in [1.165, 1.54) is 5.57 Å². The van der Waals surface area contributed by atoms with Crippen molar-refractivity contribution in [3.05, 3.63) is 22.8 Å². The standard InChI is InChI=1S/C24H42O2/c1-13-11-17(23(5,6)7)21(25)19(15(13)3)20-16(4)14(2)12-18(22(20)26)24(8,9)10/h11,13-15,18-19,21-22,25-26H,12H2,1-10H3/t13-,14+,15-,18?,19?,21+,22-/m0/s1. The van der Waals surface area contributed by atoms with Gasteiger partial charge in [0, 0.05) is 5.92 Å². The van der Waals surface area contributed by atoms with Crippen molar-refractivity contribution in [1.29, 1.82) is 0 Å². The third-order valence-electron chi connectivity index (χ3n) is 7.34. The van der Waals surface area contributed by atoms with Crippen molar-refractivity contribution < 1.29 is 10.2 Å². The molecule has 26 heavy (non-hydrogen) atoms. The molecule has 0 amide bonds. The van der Waals surface area contributed by atoms with Crippen molar-refractivity contribution in [3.8, 4) is 0 Å². The SMILES string of the molecule is CC1=C(C2[C@H](O)C(C(C)(C)C)=C[C@H](C)[C@@H]2C)[C@@H](O)C(C(C)(C)C)C[C@H]1C. The molecule has 0 heterocycles. The monoisotopic (exact) mass is 362 g/mol. The van der Waals surface area contributed by atoms with Crippen molar-refractivity contribution in [2.24, 2.45) is 40.4 Å². The van der Waals surface area contributed by atoms with E-state index in [2.05, 4.69) is 75.3 Å². The highest BCUT2D eigenvalue weighted by atomic mass is 16.3. The second-order valence-corrected chi connectivity index (χ2v) is 11.3. The largest absolute Gasteiger partial charge is 0.388 e. The zero-order valence-electron chi connectivity index (χ0n) is 18.7. The normalized spacial score (nSPS) is 39.8. The van der Waals surface area contributed by atoms with Crippen LogP contribution in [0.1, 0.15) is 75.7 Å². The molecule has 2 aliphatic rings. The van der Waals surface area contributed by atoms with Crippen molar-refractivity contribution in [2.75, 3.05) is 0 Å². The van der Waals surface area contributed by atoms with E-state index in [9.17, 15) is 10.2 Å². The van der Waals surface area contributed by atoms with Crippen LogP contribution in [0.5, 0.6) is 0 Å². The Morgan fingerprint density at radius 2 is 1.46 bits per heavy atom. The van der Waals surface area contributed by atoms with Crippen molar-refractivity contribution in [3.63, 3.8) is 0 Å². The molecule has 0 aliphatic heterocycles. The number of hydrogen-bond donors (Lipinski definition) is 2. The Morgan fingerprint density at radius 3 is 1.92 bits per heavy atom. The van der Waals surface area contributed by atoms with Crippen LogP contribution >= 0.6 is 0 Å². The zero-order valence-corrected chi connectivity index (χ0v) is 18.7. The molecule has 0 aromatic carbocycles. The fraction of sp³-hybridized carbons (Fsp3) is 0.833. The lowest BCUT2D eigenvalue weighted by Gasteiger charge is -2.49. The summed E-state index contributed by atoms with van der Waals surface area (Å²) in [6, 6.07) is 0. The van der Waals surface area contributed by atoms with Gasteiger partial charge in [-0.3, -0.25) is 0 Å². The van der Waals surface area contributed by atoms with Crippen LogP contribution in [-0.4, -0.2) is 22.4 Å². The van der Waals surface area contributed by atoms with Gasteiger partial charge in [-0.15, -0.1) is 0 Å². The second-order valence-electron chi connectivity index (χ2n) is 11.3. The topological polar surface area (TPSA) is 40.5 Å². The molecule has 0 aromatic heterocycles. The Balaban J connectivity index is 2.56. The quantitative estimate of drug-likeness (QED) is 0.596. The number of hydrogen-bond acceptors (Lipinski definition) is 2. The maximum absolute atomic E-state index is 11.4. The molecule has 150 valence electrons. The summed E-state index contributed by atoms with van der Waals surface area (Å²) in [5, 5.41) is 22.8. The van der Waals surface area contributed by atoms with Gasteiger partial charge in [-0.05, 0) is 59.0 Å². The molecule has 7 atom stereocenters. The van der Waals surface area contributed by atoms with Crippen LogP contribution in [-0.2, 0) is 0 Å². The van der Waals surface area contributed by atoms with E-state index in [0.717, 1.165) is 17.6 Å². The molecule has 0 bridgehead atoms. The highest BCUT2D eigenvalue weighted by molar-refractivity contribution is 5.34. The summed E-state index contributed by atoms with van der Waals surface area (Å²) < 4.78 is 0. The Kier molecular flexibility index (Phi) is 5.92. The average Bonchev–Trinajstić information content (AvgIpc) is 2.47. The highest BCUT2D eigenvalue weighted by Crippen LogP contribution is 2.51. The lowest BCUT2D eigenvalue weighted by atomic mass is 9.58. The first-order valence-electron chi connectivity index (χ1n) is 10.5. The maximum atomic E-state index is 11.4. The number of rotatable bonds is 1. The molecule has 0 radical (unpaired) electrons. The molecule has 2 aliphatic carbocycles. The van der Waals surface area contributed by atoms with E-state index in [-0.39, 0.29) is 22.7 Å². The molecule has 2 unspecified atom stereocenters. The van der Waals surface area contributed by atoms with Gasteiger partial charge >= 0.3 is 0 Å². The molecular formula is C24H42O2. The smallest absolute Gasteiger partial charge is 0.0824 e. The van der Waals surface area contributed by atoms with Gasteiger partial charge in [0.05, 0.1) is 12.2 Å². The minimum Gasteiger partial charge on any atom is -0.388 e.